The monoisotopic (exact) mass is 290 g/mol. The van der Waals surface area contributed by atoms with E-state index < -0.39 is 0 Å². The van der Waals surface area contributed by atoms with E-state index in [1.54, 1.807) is 20.4 Å². The minimum atomic E-state index is -0.363. The smallest absolute Gasteiger partial charge is 0.320 e. The molecule has 0 atom stereocenters. The van der Waals surface area contributed by atoms with Crippen LogP contribution < -0.4 is 15.4 Å². The van der Waals surface area contributed by atoms with Gasteiger partial charge in [-0.15, -0.1) is 5.10 Å². The highest BCUT2D eigenvalue weighted by atomic mass is 16.5. The van der Waals surface area contributed by atoms with E-state index in [4.69, 9.17) is 4.74 Å². The lowest BCUT2D eigenvalue weighted by molar-refractivity contribution is 0.251. The first kappa shape index (κ1) is 14.8. The Labute approximate surface area is 122 Å². The summed E-state index contributed by atoms with van der Waals surface area (Å²) in [4.78, 5) is 16.1. The Bertz CT molecular complexity index is 652. The Morgan fingerprint density at radius 1 is 1.43 bits per heavy atom. The van der Waals surface area contributed by atoms with Gasteiger partial charge in [0.25, 0.3) is 0 Å². The number of hydrogen-bond acceptors (Lipinski definition) is 5. The summed E-state index contributed by atoms with van der Waals surface area (Å²) >= 11 is 0. The van der Waals surface area contributed by atoms with E-state index in [9.17, 15) is 4.79 Å². The molecule has 2 rings (SSSR count). The van der Waals surface area contributed by atoms with Crippen molar-refractivity contribution in [3.63, 3.8) is 0 Å². The molecule has 2 aromatic heterocycles. The van der Waals surface area contributed by atoms with Crippen molar-refractivity contribution < 1.29 is 9.53 Å². The van der Waals surface area contributed by atoms with Gasteiger partial charge in [-0.3, -0.25) is 10.00 Å². The molecule has 0 fully saturated rings. The normalized spacial score (nSPS) is 10.3. The number of ether oxygens (including phenoxy) is 1. The fourth-order valence-electron chi connectivity index (χ4n) is 1.95. The lowest BCUT2D eigenvalue weighted by Gasteiger charge is -2.12. The SMILES string of the molecule is COc1nc(C)cc(C)c1CNC(=O)Nc1cn(C)nn1. The fourth-order valence-corrected chi connectivity index (χ4v) is 1.95. The van der Waals surface area contributed by atoms with Gasteiger partial charge in [0, 0.05) is 18.3 Å². The Hall–Kier alpha value is -2.64. The summed E-state index contributed by atoms with van der Waals surface area (Å²) in [6, 6.07) is 1.58. The van der Waals surface area contributed by atoms with Crippen molar-refractivity contribution >= 4 is 11.8 Å². The van der Waals surface area contributed by atoms with Gasteiger partial charge in [0.2, 0.25) is 5.88 Å². The number of carbonyl (C=O) groups is 1. The van der Waals surface area contributed by atoms with Gasteiger partial charge in [0.1, 0.15) is 0 Å². The van der Waals surface area contributed by atoms with Crippen LogP contribution in [0.4, 0.5) is 10.6 Å². The number of anilines is 1. The Balaban J connectivity index is 2.01. The molecule has 2 heterocycles. The number of nitrogens with zero attached hydrogens (tertiary/aromatic N) is 4. The second-order valence-corrected chi connectivity index (χ2v) is 4.65. The molecule has 0 saturated carbocycles. The van der Waals surface area contributed by atoms with Gasteiger partial charge < -0.3 is 10.1 Å². The van der Waals surface area contributed by atoms with Crippen LogP contribution in [0.5, 0.6) is 5.88 Å². The van der Waals surface area contributed by atoms with Gasteiger partial charge in [0.15, 0.2) is 5.82 Å². The summed E-state index contributed by atoms with van der Waals surface area (Å²) in [6.45, 7) is 4.16. The lowest BCUT2D eigenvalue weighted by Crippen LogP contribution is -2.29. The first-order valence-corrected chi connectivity index (χ1v) is 6.42. The molecule has 2 N–H and O–H groups in total. The number of nitrogens with one attached hydrogen (secondary N) is 2. The van der Waals surface area contributed by atoms with Crippen molar-refractivity contribution in [1.29, 1.82) is 0 Å². The third-order valence-electron chi connectivity index (χ3n) is 2.90. The van der Waals surface area contributed by atoms with E-state index in [1.807, 2.05) is 19.9 Å². The van der Waals surface area contributed by atoms with Crippen molar-refractivity contribution in [3.05, 3.63) is 29.1 Å². The van der Waals surface area contributed by atoms with Crippen LogP contribution in [0.15, 0.2) is 12.3 Å². The van der Waals surface area contributed by atoms with Crippen LogP contribution in [0.1, 0.15) is 16.8 Å². The average Bonchev–Trinajstić information content (AvgIpc) is 2.82. The third kappa shape index (κ3) is 3.68. The zero-order chi connectivity index (χ0) is 15.4. The van der Waals surface area contributed by atoms with Gasteiger partial charge >= 0.3 is 6.03 Å². The maximum Gasteiger partial charge on any atom is 0.320 e. The van der Waals surface area contributed by atoms with Gasteiger partial charge in [-0.2, -0.15) is 0 Å². The van der Waals surface area contributed by atoms with Gasteiger partial charge in [-0.1, -0.05) is 5.21 Å². The molecule has 0 aliphatic rings. The van der Waals surface area contributed by atoms with E-state index >= 15 is 0 Å². The summed E-state index contributed by atoms with van der Waals surface area (Å²) in [5.41, 5.74) is 2.73. The number of pyridine rings is 1. The van der Waals surface area contributed by atoms with Crippen LogP contribution in [0.25, 0.3) is 0 Å². The number of carbonyl (C=O) groups excluding carboxylic acids is 1. The number of hydrogen-bond donors (Lipinski definition) is 2. The van der Waals surface area contributed by atoms with Crippen LogP contribution in [-0.2, 0) is 13.6 Å². The van der Waals surface area contributed by atoms with E-state index in [2.05, 4.69) is 25.9 Å². The van der Waals surface area contributed by atoms with Crippen LogP contribution in [0, 0.1) is 13.8 Å². The predicted molar refractivity (Wildman–Crippen MR) is 77.1 cm³/mol. The molecular weight excluding hydrogens is 272 g/mol. The van der Waals surface area contributed by atoms with Crippen molar-refractivity contribution in [2.24, 2.45) is 7.05 Å². The maximum absolute atomic E-state index is 11.8. The minimum Gasteiger partial charge on any atom is -0.481 e. The molecule has 8 heteroatoms. The predicted octanol–water partition coefficient (Wildman–Crippen LogP) is 1.16. The van der Waals surface area contributed by atoms with Crippen molar-refractivity contribution in [3.8, 4) is 5.88 Å². The second-order valence-electron chi connectivity index (χ2n) is 4.65. The third-order valence-corrected chi connectivity index (χ3v) is 2.90. The highest BCUT2D eigenvalue weighted by molar-refractivity contribution is 5.87. The lowest BCUT2D eigenvalue weighted by atomic mass is 10.1. The highest BCUT2D eigenvalue weighted by Gasteiger charge is 2.11. The molecule has 0 saturated heterocycles. The Kier molecular flexibility index (Phi) is 4.36. The molecular formula is C13H18N6O2. The number of methoxy groups -OCH3 is 1. The largest absolute Gasteiger partial charge is 0.481 e. The van der Waals surface area contributed by atoms with E-state index in [1.165, 1.54) is 4.68 Å². The second kappa shape index (κ2) is 6.21. The zero-order valence-electron chi connectivity index (χ0n) is 12.5. The zero-order valence-corrected chi connectivity index (χ0v) is 12.5. The first-order valence-electron chi connectivity index (χ1n) is 6.42. The van der Waals surface area contributed by atoms with Crippen LogP contribution in [0.2, 0.25) is 0 Å². The topological polar surface area (TPSA) is 94.0 Å². The molecule has 0 unspecified atom stereocenters. The molecule has 0 aliphatic carbocycles. The fraction of sp³-hybridized carbons (Fsp3) is 0.385. The van der Waals surface area contributed by atoms with Gasteiger partial charge in [-0.25, -0.2) is 9.78 Å². The van der Waals surface area contributed by atoms with Crippen LogP contribution >= 0.6 is 0 Å². The molecule has 112 valence electrons. The van der Waals surface area contributed by atoms with Crippen molar-refractivity contribution in [2.45, 2.75) is 20.4 Å². The van der Waals surface area contributed by atoms with E-state index in [0.29, 0.717) is 18.2 Å². The summed E-state index contributed by atoms with van der Waals surface area (Å²) in [5, 5.41) is 12.9. The molecule has 0 bridgehead atoms. The minimum absolute atomic E-state index is 0.314. The molecule has 0 spiro atoms. The maximum atomic E-state index is 11.8. The molecule has 21 heavy (non-hydrogen) atoms. The number of aromatic nitrogens is 4. The van der Waals surface area contributed by atoms with Crippen LogP contribution in [-0.4, -0.2) is 33.1 Å². The van der Waals surface area contributed by atoms with E-state index in [0.717, 1.165) is 16.8 Å². The molecule has 8 nitrogen and oxygen atoms in total. The molecule has 2 aromatic rings. The summed E-state index contributed by atoms with van der Waals surface area (Å²) in [6.07, 6.45) is 1.61. The average molecular weight is 290 g/mol. The van der Waals surface area contributed by atoms with Crippen LogP contribution in [0.3, 0.4) is 0 Å². The molecule has 0 aromatic carbocycles. The Morgan fingerprint density at radius 2 is 2.19 bits per heavy atom. The van der Waals surface area contributed by atoms with E-state index in [-0.39, 0.29) is 6.03 Å². The highest BCUT2D eigenvalue weighted by Crippen LogP contribution is 2.20. The van der Waals surface area contributed by atoms with Gasteiger partial charge in [0.05, 0.1) is 19.9 Å². The molecule has 2 amide bonds. The Morgan fingerprint density at radius 3 is 2.81 bits per heavy atom. The molecule has 0 aliphatic heterocycles. The molecule has 0 radical (unpaired) electrons. The summed E-state index contributed by atoms with van der Waals surface area (Å²) in [5.74, 6) is 0.910. The standard InChI is InChI=1S/C13H18N6O2/c1-8-5-9(2)15-12(21-4)10(8)6-14-13(20)16-11-7-19(3)18-17-11/h5,7H,6H2,1-4H3,(H2,14,16,20). The summed E-state index contributed by atoms with van der Waals surface area (Å²) < 4.78 is 6.76. The number of urea groups is 1. The number of aryl methyl sites for hydroxylation is 3. The number of amides is 2. The van der Waals surface area contributed by atoms with Crippen molar-refractivity contribution in [2.75, 3.05) is 12.4 Å². The first-order chi connectivity index (χ1) is 9.99. The number of rotatable bonds is 4. The summed E-state index contributed by atoms with van der Waals surface area (Å²) in [7, 11) is 3.28. The van der Waals surface area contributed by atoms with Crippen molar-refractivity contribution in [1.82, 2.24) is 25.3 Å². The quantitative estimate of drug-likeness (QED) is 0.881. The van der Waals surface area contributed by atoms with Gasteiger partial charge in [-0.05, 0) is 25.5 Å².